The summed E-state index contributed by atoms with van der Waals surface area (Å²) >= 11 is 5.61. The maximum Gasteiger partial charge on any atom is 0.171 e. The van der Waals surface area contributed by atoms with Crippen molar-refractivity contribution in [1.29, 1.82) is 0 Å². The number of nitrogens with one attached hydrogen (secondary N) is 2. The summed E-state index contributed by atoms with van der Waals surface area (Å²) in [6.07, 6.45) is 1.72. The fraction of sp³-hybridized carbons (Fsp3) is 0.125. The average molecular weight is 389 g/mol. The number of anilines is 1. The van der Waals surface area contributed by atoms with Crippen molar-refractivity contribution in [2.24, 2.45) is 0 Å². The summed E-state index contributed by atoms with van der Waals surface area (Å²) in [7, 11) is 0. The molecule has 0 radical (unpaired) electrons. The van der Waals surface area contributed by atoms with Crippen molar-refractivity contribution >= 4 is 23.0 Å². The van der Waals surface area contributed by atoms with Gasteiger partial charge in [-0.2, -0.15) is 0 Å². The van der Waals surface area contributed by atoms with Gasteiger partial charge in [-0.1, -0.05) is 73.3 Å². The Morgan fingerprint density at radius 1 is 1.04 bits per heavy atom. The molecular formula is C24H24N2OS. The summed E-state index contributed by atoms with van der Waals surface area (Å²) in [5.74, 6) is 0.770. The van der Waals surface area contributed by atoms with Crippen LogP contribution in [0, 0.1) is 6.92 Å². The molecule has 0 saturated carbocycles. The number of hydrogen-bond donors (Lipinski definition) is 2. The van der Waals surface area contributed by atoms with Crippen LogP contribution in [0.3, 0.4) is 0 Å². The largest absolute Gasteiger partial charge is 0.489 e. The van der Waals surface area contributed by atoms with Crippen LogP contribution < -0.4 is 15.4 Å². The van der Waals surface area contributed by atoms with Crippen LogP contribution in [0.1, 0.15) is 22.7 Å². The van der Waals surface area contributed by atoms with Crippen molar-refractivity contribution in [3.63, 3.8) is 0 Å². The normalized spacial score (nSPS) is 11.3. The lowest BCUT2D eigenvalue weighted by Gasteiger charge is -2.23. The van der Waals surface area contributed by atoms with Gasteiger partial charge in [-0.3, -0.25) is 0 Å². The second kappa shape index (κ2) is 9.72. The minimum Gasteiger partial charge on any atom is -0.489 e. The third kappa shape index (κ3) is 5.21. The van der Waals surface area contributed by atoms with E-state index >= 15 is 0 Å². The highest BCUT2D eigenvalue weighted by atomic mass is 32.1. The van der Waals surface area contributed by atoms with E-state index in [1.807, 2.05) is 48.5 Å². The van der Waals surface area contributed by atoms with Crippen molar-refractivity contribution in [3.05, 3.63) is 108 Å². The Labute approximate surface area is 172 Å². The molecule has 0 spiro atoms. The molecule has 2 N–H and O–H groups in total. The average Bonchev–Trinajstić information content (AvgIpc) is 2.72. The Morgan fingerprint density at radius 2 is 1.79 bits per heavy atom. The van der Waals surface area contributed by atoms with Gasteiger partial charge < -0.3 is 15.4 Å². The molecule has 4 heteroatoms. The highest BCUT2D eigenvalue weighted by molar-refractivity contribution is 7.80. The van der Waals surface area contributed by atoms with Crippen LogP contribution >= 0.6 is 12.2 Å². The van der Waals surface area contributed by atoms with Gasteiger partial charge in [0.2, 0.25) is 0 Å². The molecule has 3 aromatic carbocycles. The molecule has 0 bridgehead atoms. The van der Waals surface area contributed by atoms with Gasteiger partial charge in [-0.05, 0) is 48.0 Å². The van der Waals surface area contributed by atoms with E-state index in [4.69, 9.17) is 17.0 Å². The number of ether oxygens (including phenoxy) is 1. The van der Waals surface area contributed by atoms with Crippen LogP contribution in [-0.4, -0.2) is 11.7 Å². The monoisotopic (exact) mass is 388 g/mol. The first-order chi connectivity index (χ1) is 13.7. The summed E-state index contributed by atoms with van der Waals surface area (Å²) in [5, 5.41) is 7.28. The molecule has 28 heavy (non-hydrogen) atoms. The van der Waals surface area contributed by atoms with Crippen molar-refractivity contribution < 1.29 is 4.74 Å². The van der Waals surface area contributed by atoms with Crippen LogP contribution in [-0.2, 0) is 0 Å². The topological polar surface area (TPSA) is 33.3 Å². The lowest BCUT2D eigenvalue weighted by molar-refractivity contribution is 0.363. The van der Waals surface area contributed by atoms with Crippen molar-refractivity contribution in [3.8, 4) is 5.75 Å². The van der Waals surface area contributed by atoms with E-state index in [0.29, 0.717) is 11.7 Å². The molecule has 0 saturated heterocycles. The molecule has 3 nitrogen and oxygen atoms in total. The molecule has 1 atom stereocenters. The smallest absolute Gasteiger partial charge is 0.171 e. The molecule has 1 unspecified atom stereocenters. The molecule has 0 fully saturated rings. The third-order valence-electron chi connectivity index (χ3n) is 4.37. The summed E-state index contributed by atoms with van der Waals surface area (Å²) < 4.78 is 5.59. The molecule has 0 aromatic heterocycles. The highest BCUT2D eigenvalue weighted by Crippen LogP contribution is 2.25. The van der Waals surface area contributed by atoms with Crippen LogP contribution in [0.15, 0.2) is 91.5 Å². The Bertz CT molecular complexity index is 940. The van der Waals surface area contributed by atoms with E-state index in [2.05, 4.69) is 54.5 Å². The zero-order valence-electron chi connectivity index (χ0n) is 15.9. The maximum absolute atomic E-state index is 5.61. The fourth-order valence-corrected chi connectivity index (χ4v) is 3.25. The van der Waals surface area contributed by atoms with E-state index in [0.717, 1.165) is 17.0 Å². The van der Waals surface area contributed by atoms with Gasteiger partial charge in [-0.15, -0.1) is 0 Å². The Balaban J connectivity index is 1.79. The minimum atomic E-state index is -0.0393. The molecule has 0 amide bonds. The van der Waals surface area contributed by atoms with Crippen molar-refractivity contribution in [1.82, 2.24) is 5.32 Å². The Morgan fingerprint density at radius 3 is 2.54 bits per heavy atom. The van der Waals surface area contributed by atoms with Crippen molar-refractivity contribution in [2.75, 3.05) is 11.9 Å². The predicted octanol–water partition coefficient (Wildman–Crippen LogP) is 5.64. The van der Waals surface area contributed by atoms with Crippen LogP contribution in [0.2, 0.25) is 0 Å². The van der Waals surface area contributed by atoms with E-state index < -0.39 is 0 Å². The van der Waals surface area contributed by atoms with Gasteiger partial charge in [0.25, 0.3) is 0 Å². The summed E-state index contributed by atoms with van der Waals surface area (Å²) in [6.45, 7) is 6.26. The molecule has 0 aliphatic carbocycles. The highest BCUT2D eigenvalue weighted by Gasteiger charge is 2.17. The first kappa shape index (κ1) is 19.6. The predicted molar refractivity (Wildman–Crippen MR) is 121 cm³/mol. The van der Waals surface area contributed by atoms with Gasteiger partial charge in [-0.25, -0.2) is 0 Å². The second-order valence-electron chi connectivity index (χ2n) is 6.43. The van der Waals surface area contributed by atoms with Gasteiger partial charge >= 0.3 is 0 Å². The van der Waals surface area contributed by atoms with E-state index in [1.54, 1.807) is 6.08 Å². The van der Waals surface area contributed by atoms with Crippen LogP contribution in [0.4, 0.5) is 5.69 Å². The zero-order chi connectivity index (χ0) is 19.8. The molecule has 0 aliphatic heterocycles. The molecule has 0 heterocycles. The second-order valence-corrected chi connectivity index (χ2v) is 6.83. The molecular weight excluding hydrogens is 364 g/mol. The number of hydrogen-bond acceptors (Lipinski definition) is 2. The maximum atomic E-state index is 5.61. The minimum absolute atomic E-state index is 0.0393. The van der Waals surface area contributed by atoms with Gasteiger partial charge in [0.15, 0.2) is 5.11 Å². The Kier molecular flexibility index (Phi) is 6.82. The van der Waals surface area contributed by atoms with Crippen LogP contribution in [0.25, 0.3) is 0 Å². The quantitative estimate of drug-likeness (QED) is 0.406. The molecule has 3 aromatic rings. The van der Waals surface area contributed by atoms with Gasteiger partial charge in [0.1, 0.15) is 12.4 Å². The summed E-state index contributed by atoms with van der Waals surface area (Å²) in [4.78, 5) is 0. The van der Waals surface area contributed by atoms with Crippen molar-refractivity contribution in [2.45, 2.75) is 13.0 Å². The Hall–Kier alpha value is -3.11. The SMILES string of the molecule is C=CCOc1cccc(NC(=S)NC(c2ccccc2)c2ccccc2C)c1. The number of thiocarbonyl (C=S) groups is 1. The number of benzene rings is 3. The van der Waals surface area contributed by atoms with E-state index in [1.165, 1.54) is 11.1 Å². The zero-order valence-corrected chi connectivity index (χ0v) is 16.7. The third-order valence-corrected chi connectivity index (χ3v) is 4.59. The fourth-order valence-electron chi connectivity index (χ4n) is 3.01. The standard InChI is InChI=1S/C24H24N2OS/c1-3-16-27-21-14-9-13-20(17-21)25-24(28)26-23(19-11-5-4-6-12-19)22-15-8-7-10-18(22)2/h3-15,17,23H,1,16H2,2H3,(H2,25,26,28). The molecule has 3 rings (SSSR count). The number of aryl methyl sites for hydroxylation is 1. The van der Waals surface area contributed by atoms with Gasteiger partial charge in [0.05, 0.1) is 6.04 Å². The number of rotatable bonds is 7. The first-order valence-electron chi connectivity index (χ1n) is 9.19. The van der Waals surface area contributed by atoms with Gasteiger partial charge in [0, 0.05) is 11.8 Å². The lowest BCUT2D eigenvalue weighted by Crippen LogP contribution is -2.33. The van der Waals surface area contributed by atoms with E-state index in [9.17, 15) is 0 Å². The lowest BCUT2D eigenvalue weighted by atomic mass is 9.95. The molecule has 0 aliphatic rings. The van der Waals surface area contributed by atoms with E-state index in [-0.39, 0.29) is 6.04 Å². The summed E-state index contributed by atoms with van der Waals surface area (Å²) in [6, 6.07) is 26.3. The first-order valence-corrected chi connectivity index (χ1v) is 9.60. The summed E-state index contributed by atoms with van der Waals surface area (Å²) in [5.41, 5.74) is 4.44. The van der Waals surface area contributed by atoms with Crippen LogP contribution in [0.5, 0.6) is 5.75 Å². The molecule has 142 valence electrons.